The Balaban J connectivity index is 1.49. The highest BCUT2D eigenvalue weighted by Crippen LogP contribution is 2.30. The molecule has 35 heavy (non-hydrogen) atoms. The molecule has 0 aliphatic heterocycles. The van der Waals surface area contributed by atoms with Gasteiger partial charge in [0.2, 0.25) is 0 Å². The molecule has 9 heteroatoms. The number of nitriles is 1. The monoisotopic (exact) mass is 479 g/mol. The minimum atomic E-state index is -0.0853. The maximum absolute atomic E-state index is 10.8. The van der Waals surface area contributed by atoms with E-state index in [1.807, 2.05) is 53.1 Å². The first-order valence-corrected chi connectivity index (χ1v) is 12.0. The number of pyridine rings is 1. The number of hydrogen-bond donors (Lipinski definition) is 2. The Labute approximate surface area is 206 Å². The van der Waals surface area contributed by atoms with Crippen LogP contribution in [0, 0.1) is 11.3 Å². The first-order chi connectivity index (χ1) is 17.2. The minimum absolute atomic E-state index is 0.0853. The highest BCUT2D eigenvalue weighted by molar-refractivity contribution is 7.99. The van der Waals surface area contributed by atoms with Gasteiger partial charge in [0.1, 0.15) is 17.4 Å². The molecule has 0 aliphatic rings. The fourth-order valence-electron chi connectivity index (χ4n) is 3.70. The molecule has 0 fully saturated rings. The molecule has 0 spiro atoms. The molecule has 3 aromatic heterocycles. The summed E-state index contributed by atoms with van der Waals surface area (Å²) in [6.07, 6.45) is 4.36. The minimum Gasteiger partial charge on any atom is -0.510 e. The van der Waals surface area contributed by atoms with E-state index in [0.29, 0.717) is 16.8 Å². The lowest BCUT2D eigenvalue weighted by Gasteiger charge is -2.11. The Bertz CT molecular complexity index is 1510. The maximum Gasteiger partial charge on any atom is 0.196 e. The van der Waals surface area contributed by atoms with Crippen molar-refractivity contribution >= 4 is 28.4 Å². The number of thioether (sulfide) groups is 1. The van der Waals surface area contributed by atoms with Crippen molar-refractivity contribution in [2.75, 3.05) is 5.75 Å². The number of hydrogen-bond acceptors (Lipinski definition) is 7. The van der Waals surface area contributed by atoms with Gasteiger partial charge in [-0.3, -0.25) is 9.55 Å². The van der Waals surface area contributed by atoms with Gasteiger partial charge in [0.05, 0.1) is 16.8 Å². The topological polar surface area (TPSA) is 116 Å². The van der Waals surface area contributed by atoms with Crippen molar-refractivity contribution in [3.8, 4) is 23.1 Å². The molecule has 2 N–H and O–H groups in total. The fraction of sp³-hybridized carbons (Fsp3) is 0.115. The van der Waals surface area contributed by atoms with Gasteiger partial charge in [-0.2, -0.15) is 5.26 Å². The third-order valence-corrected chi connectivity index (χ3v) is 6.48. The maximum atomic E-state index is 10.8. The van der Waals surface area contributed by atoms with Crippen LogP contribution in [0.4, 0.5) is 0 Å². The van der Waals surface area contributed by atoms with E-state index in [1.165, 1.54) is 17.3 Å². The van der Waals surface area contributed by atoms with Crippen molar-refractivity contribution in [3.63, 3.8) is 0 Å². The van der Waals surface area contributed by atoms with Crippen LogP contribution in [0.1, 0.15) is 18.3 Å². The molecular formula is C26H21N7OS. The summed E-state index contributed by atoms with van der Waals surface area (Å²) in [6, 6.07) is 21.5. The second-order valence-corrected chi connectivity index (χ2v) is 8.66. The van der Waals surface area contributed by atoms with Gasteiger partial charge >= 0.3 is 0 Å². The molecule has 0 amide bonds. The van der Waals surface area contributed by atoms with Gasteiger partial charge in [0.25, 0.3) is 0 Å². The SMILES string of the molecule is CCc1ccc(-n2c(SCC(O)=C(C#N)c3nc4ccccc4[nH]3)nnc2-c2ccncc2)cc1. The van der Waals surface area contributed by atoms with Crippen molar-refractivity contribution in [1.82, 2.24) is 29.7 Å². The van der Waals surface area contributed by atoms with Crippen LogP contribution in [-0.4, -0.2) is 40.6 Å². The predicted octanol–water partition coefficient (Wildman–Crippen LogP) is 5.35. The second kappa shape index (κ2) is 9.83. The van der Waals surface area contributed by atoms with Crippen LogP contribution in [0.5, 0.6) is 0 Å². The molecular weight excluding hydrogens is 458 g/mol. The number of allylic oxidation sites excluding steroid dienone is 1. The van der Waals surface area contributed by atoms with Crippen molar-refractivity contribution in [2.24, 2.45) is 0 Å². The number of aliphatic hydroxyl groups excluding tert-OH is 1. The van der Waals surface area contributed by atoms with Crippen LogP contribution in [0.15, 0.2) is 84.0 Å². The molecule has 0 saturated heterocycles. The molecule has 8 nitrogen and oxygen atoms in total. The quantitative estimate of drug-likeness (QED) is 0.183. The summed E-state index contributed by atoms with van der Waals surface area (Å²) in [6.45, 7) is 2.11. The Morgan fingerprint density at radius 3 is 2.54 bits per heavy atom. The van der Waals surface area contributed by atoms with E-state index >= 15 is 0 Å². The van der Waals surface area contributed by atoms with E-state index in [0.717, 1.165) is 28.7 Å². The molecule has 5 rings (SSSR count). The summed E-state index contributed by atoms with van der Waals surface area (Å²) in [5.74, 6) is 1.04. The van der Waals surface area contributed by atoms with Crippen molar-refractivity contribution in [3.05, 3.63) is 90.2 Å². The predicted molar refractivity (Wildman–Crippen MR) is 136 cm³/mol. The van der Waals surface area contributed by atoms with Gasteiger partial charge in [-0.1, -0.05) is 43.0 Å². The Morgan fingerprint density at radius 2 is 1.83 bits per heavy atom. The van der Waals surface area contributed by atoms with E-state index in [2.05, 4.69) is 50.3 Å². The third kappa shape index (κ3) is 4.52. The van der Waals surface area contributed by atoms with E-state index in [1.54, 1.807) is 12.4 Å². The first-order valence-electron chi connectivity index (χ1n) is 11.0. The lowest BCUT2D eigenvalue weighted by atomic mass is 10.1. The summed E-state index contributed by atoms with van der Waals surface area (Å²) in [4.78, 5) is 11.6. The van der Waals surface area contributed by atoms with Crippen LogP contribution in [0.3, 0.4) is 0 Å². The number of para-hydroxylation sites is 2. The first kappa shape index (κ1) is 22.4. The number of rotatable bonds is 7. The van der Waals surface area contributed by atoms with Gasteiger partial charge in [0, 0.05) is 23.6 Å². The summed E-state index contributed by atoms with van der Waals surface area (Å²) in [5, 5.41) is 29.9. The summed E-state index contributed by atoms with van der Waals surface area (Å²) >= 11 is 1.29. The molecule has 2 aromatic carbocycles. The average Bonchev–Trinajstić information content (AvgIpc) is 3.53. The number of nitrogens with zero attached hydrogens (tertiary/aromatic N) is 6. The molecule has 0 radical (unpaired) electrons. The molecule has 0 atom stereocenters. The normalized spacial score (nSPS) is 11.9. The molecule has 3 heterocycles. The largest absolute Gasteiger partial charge is 0.510 e. The van der Waals surface area contributed by atoms with Crippen molar-refractivity contribution in [1.29, 1.82) is 5.26 Å². The van der Waals surface area contributed by atoms with Crippen molar-refractivity contribution in [2.45, 2.75) is 18.5 Å². The van der Waals surface area contributed by atoms with Gasteiger partial charge < -0.3 is 10.1 Å². The second-order valence-electron chi connectivity index (χ2n) is 7.72. The number of H-pyrrole nitrogens is 1. The van der Waals surface area contributed by atoms with Crippen LogP contribution in [0.25, 0.3) is 33.7 Å². The third-order valence-electron chi connectivity index (χ3n) is 5.54. The van der Waals surface area contributed by atoms with Crippen LogP contribution in [0.2, 0.25) is 0 Å². The van der Waals surface area contributed by atoms with E-state index in [9.17, 15) is 10.4 Å². The van der Waals surface area contributed by atoms with Crippen LogP contribution < -0.4 is 0 Å². The molecule has 5 aromatic rings. The standard InChI is InChI=1S/C26H21N7OS/c1-2-17-7-9-19(10-8-17)33-25(18-11-13-28-14-12-18)31-32-26(33)35-16-23(34)20(15-27)24-29-21-5-3-4-6-22(21)30-24/h3-14,34H,2,16H2,1H3,(H,29,30). The smallest absolute Gasteiger partial charge is 0.196 e. The Morgan fingerprint density at radius 1 is 1.06 bits per heavy atom. The van der Waals surface area contributed by atoms with Crippen LogP contribution >= 0.6 is 11.8 Å². The van der Waals surface area contributed by atoms with Crippen LogP contribution in [-0.2, 0) is 6.42 Å². The van der Waals surface area contributed by atoms with Crippen molar-refractivity contribution < 1.29 is 5.11 Å². The number of nitrogens with one attached hydrogen (secondary N) is 1. The number of aryl methyl sites for hydroxylation is 1. The molecule has 0 aliphatic carbocycles. The highest BCUT2D eigenvalue weighted by Gasteiger charge is 2.19. The number of aromatic nitrogens is 6. The van der Waals surface area contributed by atoms with E-state index < -0.39 is 0 Å². The van der Waals surface area contributed by atoms with Gasteiger partial charge in [0.15, 0.2) is 16.8 Å². The van der Waals surface area contributed by atoms with Gasteiger partial charge in [-0.15, -0.1) is 10.2 Å². The lowest BCUT2D eigenvalue weighted by Crippen LogP contribution is -2.01. The average molecular weight is 480 g/mol. The molecule has 172 valence electrons. The molecule has 0 bridgehead atoms. The number of aromatic amines is 1. The number of aliphatic hydroxyl groups is 1. The zero-order valence-corrected chi connectivity index (χ0v) is 19.7. The lowest BCUT2D eigenvalue weighted by molar-refractivity contribution is 0.420. The highest BCUT2D eigenvalue weighted by atomic mass is 32.2. The summed E-state index contributed by atoms with van der Waals surface area (Å²) in [5.41, 5.74) is 4.63. The zero-order chi connectivity index (χ0) is 24.2. The number of benzene rings is 2. The summed E-state index contributed by atoms with van der Waals surface area (Å²) < 4.78 is 1.94. The summed E-state index contributed by atoms with van der Waals surface area (Å²) in [7, 11) is 0. The molecule has 0 saturated carbocycles. The van der Waals surface area contributed by atoms with Gasteiger partial charge in [-0.25, -0.2) is 4.98 Å². The van der Waals surface area contributed by atoms with E-state index in [-0.39, 0.29) is 17.1 Å². The zero-order valence-electron chi connectivity index (χ0n) is 18.9. The van der Waals surface area contributed by atoms with E-state index in [4.69, 9.17) is 0 Å². The Hall–Kier alpha value is -4.42. The molecule has 0 unspecified atom stereocenters. The fourth-order valence-corrected chi connectivity index (χ4v) is 4.52. The number of imidazole rings is 1. The Kier molecular flexibility index (Phi) is 6.28. The van der Waals surface area contributed by atoms with Gasteiger partial charge in [-0.05, 0) is 48.4 Å². The number of fused-ring (bicyclic) bond motifs is 1.